The van der Waals surface area contributed by atoms with Gasteiger partial charge in [-0.15, -0.1) is 0 Å². The van der Waals surface area contributed by atoms with Crippen molar-refractivity contribution in [2.75, 3.05) is 26.4 Å². The van der Waals surface area contributed by atoms with Crippen molar-refractivity contribution in [2.24, 2.45) is 5.92 Å². The highest BCUT2D eigenvalue weighted by molar-refractivity contribution is 4.81. The molecular weight excluding hydrogens is 175 g/mol. The van der Waals surface area contributed by atoms with E-state index in [0.29, 0.717) is 6.61 Å². The minimum atomic E-state index is -1.83. The number of hydrogen-bond donors (Lipinski definition) is 2. The highest BCUT2D eigenvalue weighted by Crippen LogP contribution is 2.26. The Labute approximate surface area is 77.5 Å². The third-order valence-electron chi connectivity index (χ3n) is 2.48. The first-order chi connectivity index (χ1) is 6.20. The Morgan fingerprint density at radius 2 is 2.08 bits per heavy atom. The molecule has 4 heteroatoms. The Balaban J connectivity index is 2.35. The SMILES string of the molecule is OCC(F)(CO)CC1CCCOC1. The van der Waals surface area contributed by atoms with Gasteiger partial charge in [-0.1, -0.05) is 0 Å². The Bertz CT molecular complexity index is 142. The van der Waals surface area contributed by atoms with Crippen LogP contribution in [0.2, 0.25) is 0 Å². The largest absolute Gasteiger partial charge is 0.393 e. The summed E-state index contributed by atoms with van der Waals surface area (Å²) in [6, 6.07) is 0. The predicted molar refractivity (Wildman–Crippen MR) is 46.2 cm³/mol. The Morgan fingerprint density at radius 1 is 1.38 bits per heavy atom. The Morgan fingerprint density at radius 3 is 2.54 bits per heavy atom. The van der Waals surface area contributed by atoms with Gasteiger partial charge in [0.1, 0.15) is 0 Å². The smallest absolute Gasteiger partial charge is 0.157 e. The molecule has 0 saturated carbocycles. The summed E-state index contributed by atoms with van der Waals surface area (Å²) >= 11 is 0. The van der Waals surface area contributed by atoms with Gasteiger partial charge in [-0.05, 0) is 25.2 Å². The number of alkyl halides is 1. The van der Waals surface area contributed by atoms with Crippen LogP contribution in [-0.4, -0.2) is 42.3 Å². The van der Waals surface area contributed by atoms with Crippen LogP contribution in [0.1, 0.15) is 19.3 Å². The first-order valence-electron chi connectivity index (χ1n) is 4.68. The van der Waals surface area contributed by atoms with Crippen LogP contribution in [0, 0.1) is 5.92 Å². The summed E-state index contributed by atoms with van der Waals surface area (Å²) in [6.45, 7) is 0.0692. The molecule has 1 rings (SSSR count). The molecule has 1 unspecified atom stereocenters. The predicted octanol–water partition coefficient (Wildman–Crippen LogP) is 0.496. The van der Waals surface area contributed by atoms with Crippen molar-refractivity contribution in [3.05, 3.63) is 0 Å². The number of hydrogen-bond acceptors (Lipinski definition) is 3. The van der Waals surface area contributed by atoms with Crippen LogP contribution in [0.25, 0.3) is 0 Å². The first kappa shape index (κ1) is 10.9. The van der Waals surface area contributed by atoms with Crippen LogP contribution in [0.4, 0.5) is 4.39 Å². The molecule has 0 bridgehead atoms. The van der Waals surface area contributed by atoms with Crippen LogP contribution < -0.4 is 0 Å². The molecule has 0 spiro atoms. The van der Waals surface area contributed by atoms with Crippen molar-refractivity contribution < 1.29 is 19.3 Å². The topological polar surface area (TPSA) is 49.7 Å². The standard InChI is InChI=1S/C9H17FO3/c10-9(6-11,7-12)4-8-2-1-3-13-5-8/h8,11-12H,1-7H2. The van der Waals surface area contributed by atoms with Crippen LogP contribution in [0.15, 0.2) is 0 Å². The van der Waals surface area contributed by atoms with E-state index in [-0.39, 0.29) is 12.3 Å². The number of aliphatic hydroxyl groups excluding tert-OH is 2. The van der Waals surface area contributed by atoms with Crippen LogP contribution >= 0.6 is 0 Å². The van der Waals surface area contributed by atoms with E-state index in [0.717, 1.165) is 19.4 Å². The Kier molecular flexibility index (Phi) is 4.09. The van der Waals surface area contributed by atoms with Crippen LogP contribution in [0.3, 0.4) is 0 Å². The van der Waals surface area contributed by atoms with Gasteiger partial charge in [0.05, 0.1) is 13.2 Å². The van der Waals surface area contributed by atoms with Crippen molar-refractivity contribution in [2.45, 2.75) is 24.9 Å². The van der Waals surface area contributed by atoms with Gasteiger partial charge in [-0.2, -0.15) is 0 Å². The van der Waals surface area contributed by atoms with Crippen molar-refractivity contribution in [1.82, 2.24) is 0 Å². The van der Waals surface area contributed by atoms with Gasteiger partial charge in [0, 0.05) is 13.2 Å². The maximum atomic E-state index is 13.5. The minimum absolute atomic E-state index is 0.137. The average molecular weight is 192 g/mol. The molecule has 13 heavy (non-hydrogen) atoms. The molecule has 1 fully saturated rings. The van der Waals surface area contributed by atoms with E-state index in [4.69, 9.17) is 14.9 Å². The lowest BCUT2D eigenvalue weighted by molar-refractivity contribution is -0.0291. The molecule has 0 aromatic heterocycles. The maximum absolute atomic E-state index is 13.5. The molecule has 1 aliphatic rings. The van der Waals surface area contributed by atoms with E-state index in [1.807, 2.05) is 0 Å². The highest BCUT2D eigenvalue weighted by Gasteiger charge is 2.32. The van der Waals surface area contributed by atoms with E-state index in [1.54, 1.807) is 0 Å². The van der Waals surface area contributed by atoms with Gasteiger partial charge in [0.15, 0.2) is 5.67 Å². The van der Waals surface area contributed by atoms with E-state index in [1.165, 1.54) is 0 Å². The van der Waals surface area contributed by atoms with Crippen LogP contribution in [0.5, 0.6) is 0 Å². The summed E-state index contributed by atoms with van der Waals surface area (Å²) in [6.07, 6.45) is 2.06. The second kappa shape index (κ2) is 4.88. The second-order valence-corrected chi connectivity index (χ2v) is 3.75. The van der Waals surface area contributed by atoms with Crippen molar-refractivity contribution in [1.29, 1.82) is 0 Å². The summed E-state index contributed by atoms with van der Waals surface area (Å²) in [5, 5.41) is 17.5. The monoisotopic (exact) mass is 192 g/mol. The lowest BCUT2D eigenvalue weighted by Crippen LogP contribution is -2.36. The normalized spacial score (nSPS) is 24.7. The maximum Gasteiger partial charge on any atom is 0.157 e. The summed E-state index contributed by atoms with van der Waals surface area (Å²) in [7, 11) is 0. The number of aliphatic hydroxyl groups is 2. The third-order valence-corrected chi connectivity index (χ3v) is 2.48. The van der Waals surface area contributed by atoms with E-state index in [9.17, 15) is 4.39 Å². The number of rotatable bonds is 4. The summed E-state index contributed by atoms with van der Waals surface area (Å²) in [5.74, 6) is 0.137. The van der Waals surface area contributed by atoms with Crippen molar-refractivity contribution >= 4 is 0 Å². The molecule has 0 aromatic rings. The minimum Gasteiger partial charge on any atom is -0.393 e. The molecule has 1 heterocycles. The molecule has 1 aliphatic heterocycles. The van der Waals surface area contributed by atoms with Crippen molar-refractivity contribution in [3.8, 4) is 0 Å². The molecule has 1 atom stereocenters. The van der Waals surface area contributed by atoms with Gasteiger partial charge in [-0.3, -0.25) is 0 Å². The first-order valence-corrected chi connectivity index (χ1v) is 4.68. The molecule has 1 saturated heterocycles. The zero-order valence-corrected chi connectivity index (χ0v) is 7.71. The van der Waals surface area contributed by atoms with Gasteiger partial charge in [0.25, 0.3) is 0 Å². The molecule has 0 radical (unpaired) electrons. The van der Waals surface area contributed by atoms with Gasteiger partial charge in [-0.25, -0.2) is 4.39 Å². The quantitative estimate of drug-likeness (QED) is 0.681. The summed E-state index contributed by atoms with van der Waals surface area (Å²) in [4.78, 5) is 0. The molecule has 0 amide bonds. The Hall–Kier alpha value is -0.190. The molecule has 3 nitrogen and oxygen atoms in total. The van der Waals surface area contributed by atoms with Crippen molar-refractivity contribution in [3.63, 3.8) is 0 Å². The molecular formula is C9H17FO3. The van der Waals surface area contributed by atoms with E-state index < -0.39 is 18.9 Å². The molecule has 78 valence electrons. The van der Waals surface area contributed by atoms with Crippen LogP contribution in [-0.2, 0) is 4.74 Å². The van der Waals surface area contributed by atoms with E-state index >= 15 is 0 Å². The molecule has 0 aliphatic carbocycles. The fourth-order valence-electron chi connectivity index (χ4n) is 1.66. The third kappa shape index (κ3) is 3.21. The average Bonchev–Trinajstić information content (AvgIpc) is 2.19. The van der Waals surface area contributed by atoms with Gasteiger partial charge in [0.2, 0.25) is 0 Å². The lowest BCUT2D eigenvalue weighted by Gasteiger charge is -2.28. The van der Waals surface area contributed by atoms with E-state index in [2.05, 4.69) is 0 Å². The lowest BCUT2D eigenvalue weighted by atomic mass is 9.89. The fourth-order valence-corrected chi connectivity index (χ4v) is 1.66. The highest BCUT2D eigenvalue weighted by atomic mass is 19.1. The number of halogens is 1. The molecule has 0 aromatic carbocycles. The molecule has 2 N–H and O–H groups in total. The van der Waals surface area contributed by atoms with Gasteiger partial charge < -0.3 is 14.9 Å². The zero-order valence-electron chi connectivity index (χ0n) is 7.71. The zero-order chi connectivity index (χ0) is 9.73. The second-order valence-electron chi connectivity index (χ2n) is 3.75. The number of ether oxygens (including phenoxy) is 1. The fraction of sp³-hybridized carbons (Fsp3) is 1.00. The van der Waals surface area contributed by atoms with Gasteiger partial charge >= 0.3 is 0 Å². The summed E-state index contributed by atoms with van der Waals surface area (Å²) in [5.41, 5.74) is -1.83. The summed E-state index contributed by atoms with van der Waals surface area (Å²) < 4.78 is 18.7.